The number of sulfonamides is 1. The molecule has 0 atom stereocenters. The Kier molecular flexibility index (Phi) is 6.65. The van der Waals surface area contributed by atoms with Gasteiger partial charge in [-0.2, -0.15) is 0 Å². The maximum Gasteiger partial charge on any atom is 0.240 e. The van der Waals surface area contributed by atoms with Crippen LogP contribution in [0.5, 0.6) is 0 Å². The van der Waals surface area contributed by atoms with E-state index in [0.717, 1.165) is 4.47 Å². The minimum absolute atomic E-state index is 0.0279. The Labute approximate surface area is 158 Å². The van der Waals surface area contributed by atoms with Crippen LogP contribution in [0.4, 0.5) is 5.69 Å². The van der Waals surface area contributed by atoms with Crippen molar-refractivity contribution in [2.24, 2.45) is 0 Å². The van der Waals surface area contributed by atoms with Crippen LogP contribution in [0.25, 0.3) is 0 Å². The van der Waals surface area contributed by atoms with Gasteiger partial charge in [0.1, 0.15) is 0 Å². The van der Waals surface area contributed by atoms with E-state index in [9.17, 15) is 13.2 Å². The highest BCUT2D eigenvalue weighted by Gasteiger charge is 2.14. The lowest BCUT2D eigenvalue weighted by molar-refractivity contribution is -0.116. The predicted molar refractivity (Wildman–Crippen MR) is 99.0 cm³/mol. The number of anilines is 1. The van der Waals surface area contributed by atoms with Crippen LogP contribution in [0.2, 0.25) is 10.0 Å². The van der Waals surface area contributed by atoms with Gasteiger partial charge in [0.05, 0.1) is 4.90 Å². The minimum Gasteiger partial charge on any atom is -0.326 e. The number of amides is 1. The van der Waals surface area contributed by atoms with Crippen molar-refractivity contribution in [3.63, 3.8) is 0 Å². The second-order valence-corrected chi connectivity index (χ2v) is 8.36. The first-order valence-corrected chi connectivity index (χ1v) is 9.81. The molecule has 0 bridgehead atoms. The van der Waals surface area contributed by atoms with Crippen LogP contribution in [-0.4, -0.2) is 20.9 Å². The van der Waals surface area contributed by atoms with Gasteiger partial charge >= 0.3 is 0 Å². The first-order valence-electron chi connectivity index (χ1n) is 6.77. The third kappa shape index (κ3) is 5.75. The van der Waals surface area contributed by atoms with Crippen LogP contribution in [0.3, 0.4) is 0 Å². The first-order chi connectivity index (χ1) is 11.3. The van der Waals surface area contributed by atoms with Crippen LogP contribution < -0.4 is 10.0 Å². The predicted octanol–water partition coefficient (Wildman–Crippen LogP) is 4.06. The van der Waals surface area contributed by atoms with Gasteiger partial charge in [-0.3, -0.25) is 4.79 Å². The van der Waals surface area contributed by atoms with E-state index in [1.54, 1.807) is 30.3 Å². The third-order valence-electron chi connectivity index (χ3n) is 2.91. The second-order valence-electron chi connectivity index (χ2n) is 4.81. The maximum atomic E-state index is 12.1. The van der Waals surface area contributed by atoms with Gasteiger partial charge in [-0.05, 0) is 42.5 Å². The van der Waals surface area contributed by atoms with E-state index in [2.05, 4.69) is 26.0 Å². The molecular weight excluding hydrogens is 439 g/mol. The van der Waals surface area contributed by atoms with Gasteiger partial charge in [0.2, 0.25) is 15.9 Å². The van der Waals surface area contributed by atoms with Crippen LogP contribution in [0.1, 0.15) is 6.42 Å². The second kappa shape index (κ2) is 8.31. The van der Waals surface area contributed by atoms with Gasteiger partial charge in [-0.15, -0.1) is 0 Å². The molecule has 9 heteroatoms. The highest BCUT2D eigenvalue weighted by molar-refractivity contribution is 9.10. The number of nitrogens with one attached hydrogen (secondary N) is 2. The Hall–Kier alpha value is -1.12. The summed E-state index contributed by atoms with van der Waals surface area (Å²) in [4.78, 5) is 12.0. The number of halogens is 3. The van der Waals surface area contributed by atoms with Crippen molar-refractivity contribution in [1.82, 2.24) is 4.72 Å². The van der Waals surface area contributed by atoms with Crippen LogP contribution in [-0.2, 0) is 14.8 Å². The van der Waals surface area contributed by atoms with Crippen molar-refractivity contribution in [2.45, 2.75) is 11.3 Å². The van der Waals surface area contributed by atoms with E-state index in [-0.39, 0.29) is 23.8 Å². The normalized spacial score (nSPS) is 11.3. The van der Waals surface area contributed by atoms with Crippen LogP contribution >= 0.6 is 39.1 Å². The molecule has 2 rings (SSSR count). The molecular formula is C15H13BrCl2N2O3S. The average Bonchev–Trinajstić information content (AvgIpc) is 2.46. The molecule has 2 aromatic carbocycles. The Bertz CT molecular complexity index is 822. The minimum atomic E-state index is -3.65. The van der Waals surface area contributed by atoms with E-state index < -0.39 is 10.0 Å². The van der Waals surface area contributed by atoms with Crippen molar-refractivity contribution in [2.75, 3.05) is 11.9 Å². The SMILES string of the molecule is O=C(CCNS(=O)(=O)c1ccc(Br)cc1)Nc1cc(Cl)cc(Cl)c1. The molecule has 0 saturated heterocycles. The highest BCUT2D eigenvalue weighted by atomic mass is 79.9. The largest absolute Gasteiger partial charge is 0.326 e. The topological polar surface area (TPSA) is 75.3 Å². The van der Waals surface area contributed by atoms with Crippen molar-refractivity contribution in [1.29, 1.82) is 0 Å². The van der Waals surface area contributed by atoms with Crippen molar-refractivity contribution in [3.05, 3.63) is 57.0 Å². The Morgan fingerprint density at radius 2 is 1.62 bits per heavy atom. The fourth-order valence-corrected chi connectivity index (χ4v) is 3.67. The summed E-state index contributed by atoms with van der Waals surface area (Å²) in [5.74, 6) is -0.355. The van der Waals surface area contributed by atoms with Gasteiger partial charge in [-0.1, -0.05) is 39.1 Å². The van der Waals surface area contributed by atoms with E-state index in [1.165, 1.54) is 12.1 Å². The first kappa shape index (κ1) is 19.2. The molecule has 0 aliphatic carbocycles. The van der Waals surface area contributed by atoms with Crippen LogP contribution in [0, 0.1) is 0 Å². The fourth-order valence-electron chi connectivity index (χ4n) is 1.85. The Morgan fingerprint density at radius 1 is 1.04 bits per heavy atom. The number of hydrogen-bond acceptors (Lipinski definition) is 3. The van der Waals surface area contributed by atoms with Crippen molar-refractivity contribution >= 4 is 60.7 Å². The number of carbonyl (C=O) groups excluding carboxylic acids is 1. The zero-order valence-corrected chi connectivity index (χ0v) is 16.1. The van der Waals surface area contributed by atoms with Gasteiger partial charge in [0, 0.05) is 33.2 Å². The smallest absolute Gasteiger partial charge is 0.240 e. The summed E-state index contributed by atoms with van der Waals surface area (Å²) in [7, 11) is -3.65. The molecule has 0 radical (unpaired) electrons. The highest BCUT2D eigenvalue weighted by Crippen LogP contribution is 2.22. The summed E-state index contributed by atoms with van der Waals surface area (Å²) < 4.78 is 27.3. The van der Waals surface area contributed by atoms with E-state index in [4.69, 9.17) is 23.2 Å². The van der Waals surface area contributed by atoms with Crippen molar-refractivity contribution in [3.8, 4) is 0 Å². The molecule has 1 amide bonds. The summed E-state index contributed by atoms with van der Waals surface area (Å²) in [5.41, 5.74) is 0.452. The van der Waals surface area contributed by atoms with Crippen LogP contribution in [0.15, 0.2) is 51.8 Å². The Morgan fingerprint density at radius 3 is 2.21 bits per heavy atom. The molecule has 5 nitrogen and oxygen atoms in total. The summed E-state index contributed by atoms with van der Waals surface area (Å²) in [6.07, 6.45) is -0.0279. The number of hydrogen-bond donors (Lipinski definition) is 2. The lowest BCUT2D eigenvalue weighted by atomic mass is 10.3. The molecule has 0 saturated carbocycles. The van der Waals surface area contributed by atoms with Gasteiger partial charge in [-0.25, -0.2) is 13.1 Å². The molecule has 0 aromatic heterocycles. The summed E-state index contributed by atoms with van der Waals surface area (Å²) in [5, 5.41) is 3.40. The van der Waals surface area contributed by atoms with Gasteiger partial charge in [0.25, 0.3) is 0 Å². The number of carbonyl (C=O) groups is 1. The molecule has 2 N–H and O–H groups in total. The molecule has 0 fully saturated rings. The summed E-state index contributed by atoms with van der Waals surface area (Å²) in [6.45, 7) is -0.0292. The molecule has 24 heavy (non-hydrogen) atoms. The van der Waals surface area contributed by atoms with Gasteiger partial charge < -0.3 is 5.32 Å². The van der Waals surface area contributed by atoms with E-state index >= 15 is 0 Å². The molecule has 0 spiro atoms. The standard InChI is InChI=1S/C15H13BrCl2N2O3S/c16-10-1-3-14(4-2-10)24(22,23)19-6-5-15(21)20-13-8-11(17)7-12(18)9-13/h1-4,7-9,19H,5-6H2,(H,20,21). The lowest BCUT2D eigenvalue weighted by Crippen LogP contribution is -2.27. The number of benzene rings is 2. The molecule has 0 heterocycles. The zero-order chi connectivity index (χ0) is 17.7. The number of rotatable bonds is 6. The zero-order valence-electron chi connectivity index (χ0n) is 12.2. The summed E-state index contributed by atoms with van der Waals surface area (Å²) >= 11 is 14.9. The van der Waals surface area contributed by atoms with Gasteiger partial charge in [0.15, 0.2) is 0 Å². The monoisotopic (exact) mass is 450 g/mol. The molecule has 2 aromatic rings. The van der Waals surface area contributed by atoms with Crippen molar-refractivity contribution < 1.29 is 13.2 Å². The molecule has 0 aliphatic rings. The van der Waals surface area contributed by atoms with E-state index in [1.807, 2.05) is 0 Å². The fraction of sp³-hybridized carbons (Fsp3) is 0.133. The maximum absolute atomic E-state index is 12.1. The average molecular weight is 452 g/mol. The lowest BCUT2D eigenvalue weighted by Gasteiger charge is -2.08. The molecule has 128 valence electrons. The molecule has 0 aliphatic heterocycles. The quantitative estimate of drug-likeness (QED) is 0.695. The molecule has 0 unspecified atom stereocenters. The summed E-state index contributed by atoms with van der Waals surface area (Å²) in [6, 6.07) is 10.9. The Balaban J connectivity index is 1.89. The third-order valence-corrected chi connectivity index (χ3v) is 5.36. The van der Waals surface area contributed by atoms with E-state index in [0.29, 0.717) is 15.7 Å².